The van der Waals surface area contributed by atoms with E-state index in [1.54, 1.807) is 30.3 Å². The third-order valence-corrected chi connectivity index (χ3v) is 5.52. The lowest BCUT2D eigenvalue weighted by molar-refractivity contribution is 0.415. The minimum atomic E-state index is -3.66. The number of nitrogen functional groups attached to an aromatic ring is 1. The summed E-state index contributed by atoms with van der Waals surface area (Å²) >= 11 is 3.24. The molecule has 0 amide bonds. The molecule has 0 radical (unpaired) electrons. The maximum atomic E-state index is 12.6. The van der Waals surface area contributed by atoms with Crippen molar-refractivity contribution >= 4 is 37.3 Å². The highest BCUT2D eigenvalue weighted by Gasteiger charge is 2.22. The fourth-order valence-electron chi connectivity index (χ4n) is 1.77. The summed E-state index contributed by atoms with van der Waals surface area (Å²) in [7, 11) is -0.637. The third-order valence-electron chi connectivity index (χ3n) is 3.05. The summed E-state index contributed by atoms with van der Waals surface area (Å²) in [5, 5.41) is 0. The number of hydrogen-bond acceptors (Lipinski definition) is 4. The molecule has 0 spiro atoms. The minimum absolute atomic E-state index is 0.161. The highest BCUT2D eigenvalue weighted by molar-refractivity contribution is 9.10. The van der Waals surface area contributed by atoms with Crippen molar-refractivity contribution < 1.29 is 13.2 Å². The Hall–Kier alpha value is -1.73. The Balaban J connectivity index is 2.44. The van der Waals surface area contributed by atoms with Gasteiger partial charge in [-0.15, -0.1) is 0 Å². The highest BCUT2D eigenvalue weighted by atomic mass is 79.9. The van der Waals surface area contributed by atoms with E-state index in [4.69, 9.17) is 10.5 Å². The first kappa shape index (κ1) is 15.7. The lowest BCUT2D eigenvalue weighted by atomic mass is 10.3. The van der Waals surface area contributed by atoms with Crippen molar-refractivity contribution in [3.63, 3.8) is 0 Å². The Morgan fingerprint density at radius 1 is 1.19 bits per heavy atom. The van der Waals surface area contributed by atoms with E-state index in [1.807, 2.05) is 0 Å². The fourth-order valence-corrected chi connectivity index (χ4v) is 3.52. The van der Waals surface area contributed by atoms with Gasteiger partial charge in [0.05, 0.1) is 17.7 Å². The number of sulfonamides is 1. The van der Waals surface area contributed by atoms with E-state index in [9.17, 15) is 8.42 Å². The molecule has 0 bridgehead atoms. The number of nitrogens with zero attached hydrogens (tertiary/aromatic N) is 1. The van der Waals surface area contributed by atoms with Gasteiger partial charge in [0.2, 0.25) is 0 Å². The molecule has 5 nitrogen and oxygen atoms in total. The van der Waals surface area contributed by atoms with Crippen molar-refractivity contribution in [1.29, 1.82) is 0 Å². The van der Waals surface area contributed by atoms with Gasteiger partial charge >= 0.3 is 0 Å². The summed E-state index contributed by atoms with van der Waals surface area (Å²) in [4.78, 5) is 0.161. The lowest BCUT2D eigenvalue weighted by Gasteiger charge is -2.20. The van der Waals surface area contributed by atoms with Crippen molar-refractivity contribution in [2.24, 2.45) is 0 Å². The average molecular weight is 371 g/mol. The second-order valence-electron chi connectivity index (χ2n) is 4.36. The van der Waals surface area contributed by atoms with Gasteiger partial charge < -0.3 is 10.5 Å². The van der Waals surface area contributed by atoms with Crippen molar-refractivity contribution in [3.8, 4) is 5.75 Å². The van der Waals surface area contributed by atoms with Crippen molar-refractivity contribution in [2.75, 3.05) is 24.2 Å². The van der Waals surface area contributed by atoms with Gasteiger partial charge in [-0.2, -0.15) is 0 Å². The van der Waals surface area contributed by atoms with E-state index in [-0.39, 0.29) is 4.90 Å². The van der Waals surface area contributed by atoms with Crippen LogP contribution in [0.5, 0.6) is 5.75 Å². The van der Waals surface area contributed by atoms with Crippen molar-refractivity contribution in [3.05, 3.63) is 46.9 Å². The van der Waals surface area contributed by atoms with Crippen LogP contribution in [-0.2, 0) is 10.0 Å². The zero-order valence-electron chi connectivity index (χ0n) is 11.6. The number of ether oxygens (including phenoxy) is 1. The molecule has 0 aliphatic carbocycles. The van der Waals surface area contributed by atoms with Gasteiger partial charge in [0.1, 0.15) is 5.75 Å². The van der Waals surface area contributed by atoms with Crippen LogP contribution in [-0.4, -0.2) is 22.6 Å². The standard InChI is InChI=1S/C14H15BrN2O3S/c1-17(10-4-3-5-11(8-10)20-2)21(18,19)12-6-7-14(16)13(15)9-12/h3-9H,16H2,1-2H3. The molecule has 2 N–H and O–H groups in total. The zero-order chi connectivity index (χ0) is 15.6. The Bertz CT molecular complexity index is 763. The van der Waals surface area contributed by atoms with Gasteiger partial charge in [0.25, 0.3) is 10.0 Å². The van der Waals surface area contributed by atoms with Crippen LogP contribution < -0.4 is 14.8 Å². The molecule has 0 saturated heterocycles. The molecule has 2 aromatic carbocycles. The van der Waals surface area contributed by atoms with Gasteiger partial charge in [0.15, 0.2) is 0 Å². The van der Waals surface area contributed by atoms with Crippen molar-refractivity contribution in [1.82, 2.24) is 0 Å². The van der Waals surface area contributed by atoms with Gasteiger partial charge in [-0.25, -0.2) is 8.42 Å². The molecule has 7 heteroatoms. The third kappa shape index (κ3) is 3.14. The summed E-state index contributed by atoms with van der Waals surface area (Å²) in [6.45, 7) is 0. The molecule has 0 fully saturated rings. The number of rotatable bonds is 4. The number of hydrogen-bond donors (Lipinski definition) is 1. The quantitative estimate of drug-likeness (QED) is 0.839. The molecule has 2 rings (SSSR count). The van der Waals surface area contributed by atoms with E-state index < -0.39 is 10.0 Å². The smallest absolute Gasteiger partial charge is 0.264 e. The van der Waals surface area contributed by atoms with Crippen LogP contribution in [0.4, 0.5) is 11.4 Å². The summed E-state index contributed by atoms with van der Waals surface area (Å²) in [5.74, 6) is 0.591. The van der Waals surface area contributed by atoms with Crippen LogP contribution in [0, 0.1) is 0 Å². The van der Waals surface area contributed by atoms with Gasteiger partial charge in [-0.05, 0) is 46.3 Å². The molecule has 0 aliphatic rings. The molecule has 0 aromatic heterocycles. The predicted molar refractivity (Wildman–Crippen MR) is 87.1 cm³/mol. The molecule has 112 valence electrons. The van der Waals surface area contributed by atoms with E-state index in [1.165, 1.54) is 30.6 Å². The monoisotopic (exact) mass is 370 g/mol. The Kier molecular flexibility index (Phi) is 4.43. The molecule has 2 aromatic rings. The van der Waals surface area contributed by atoms with E-state index in [0.717, 1.165) is 0 Å². The normalized spacial score (nSPS) is 11.2. The second-order valence-corrected chi connectivity index (χ2v) is 7.18. The van der Waals surface area contributed by atoms with E-state index >= 15 is 0 Å². The minimum Gasteiger partial charge on any atom is -0.497 e. The molecule has 21 heavy (non-hydrogen) atoms. The van der Waals surface area contributed by atoms with Crippen LogP contribution in [0.2, 0.25) is 0 Å². The second kappa shape index (κ2) is 5.95. The van der Waals surface area contributed by atoms with Gasteiger partial charge in [-0.1, -0.05) is 6.07 Å². The van der Waals surface area contributed by atoms with Crippen LogP contribution in [0.1, 0.15) is 0 Å². The lowest BCUT2D eigenvalue weighted by Crippen LogP contribution is -2.26. The van der Waals surface area contributed by atoms with E-state index in [2.05, 4.69) is 15.9 Å². The van der Waals surface area contributed by atoms with E-state index in [0.29, 0.717) is 21.6 Å². The van der Waals surface area contributed by atoms with Crippen LogP contribution >= 0.6 is 15.9 Å². The summed E-state index contributed by atoms with van der Waals surface area (Å²) in [6.07, 6.45) is 0. The van der Waals surface area contributed by atoms with Crippen LogP contribution in [0.15, 0.2) is 51.8 Å². The summed E-state index contributed by atoms with van der Waals surface area (Å²) in [5.41, 5.74) is 6.69. The summed E-state index contributed by atoms with van der Waals surface area (Å²) in [6, 6.07) is 11.4. The number of benzene rings is 2. The number of halogens is 1. The maximum Gasteiger partial charge on any atom is 0.264 e. The zero-order valence-corrected chi connectivity index (χ0v) is 14.0. The van der Waals surface area contributed by atoms with Gasteiger partial charge in [0, 0.05) is 23.3 Å². The number of methoxy groups -OCH3 is 1. The Labute approximate surface area is 132 Å². The molecule has 0 aliphatic heterocycles. The van der Waals surface area contributed by atoms with Crippen molar-refractivity contribution in [2.45, 2.75) is 4.90 Å². The fraction of sp³-hybridized carbons (Fsp3) is 0.143. The Morgan fingerprint density at radius 2 is 1.90 bits per heavy atom. The average Bonchev–Trinajstić information content (AvgIpc) is 2.49. The number of nitrogens with two attached hydrogens (primary N) is 1. The topological polar surface area (TPSA) is 72.6 Å². The SMILES string of the molecule is COc1cccc(N(C)S(=O)(=O)c2ccc(N)c(Br)c2)c1. The molecule has 0 saturated carbocycles. The Morgan fingerprint density at radius 3 is 2.52 bits per heavy atom. The molecular weight excluding hydrogens is 356 g/mol. The highest BCUT2D eigenvalue weighted by Crippen LogP contribution is 2.28. The molecule has 0 heterocycles. The summed E-state index contributed by atoms with van der Waals surface area (Å²) < 4.78 is 32.1. The van der Waals surface area contributed by atoms with Crippen LogP contribution in [0.25, 0.3) is 0 Å². The molecule has 0 atom stereocenters. The largest absolute Gasteiger partial charge is 0.497 e. The first-order valence-corrected chi connectivity index (χ1v) is 8.27. The van der Waals surface area contributed by atoms with Gasteiger partial charge in [-0.3, -0.25) is 4.31 Å². The van der Waals surface area contributed by atoms with Crippen LogP contribution in [0.3, 0.4) is 0 Å². The predicted octanol–water partition coefficient (Wildman–Crippen LogP) is 2.87. The maximum absolute atomic E-state index is 12.6. The molecule has 0 unspecified atom stereocenters. The first-order valence-electron chi connectivity index (χ1n) is 6.04. The molecular formula is C14H15BrN2O3S. The number of anilines is 2. The first-order chi connectivity index (χ1) is 9.86.